The van der Waals surface area contributed by atoms with E-state index >= 15 is 0 Å². The molecule has 188 valence electrons. The van der Waals surface area contributed by atoms with Gasteiger partial charge < -0.3 is 20.7 Å². The second-order valence-corrected chi connectivity index (χ2v) is 11.9. The van der Waals surface area contributed by atoms with E-state index in [2.05, 4.69) is 20.9 Å². The molecule has 2 aromatic rings. The van der Waals surface area contributed by atoms with Crippen LogP contribution in [0, 0.1) is 12.8 Å². The Morgan fingerprint density at radius 2 is 2.06 bits per heavy atom. The van der Waals surface area contributed by atoms with Crippen LogP contribution in [0.15, 0.2) is 24.4 Å². The number of rotatable bonds is 9. The van der Waals surface area contributed by atoms with Gasteiger partial charge in [-0.25, -0.2) is 0 Å². The lowest BCUT2D eigenvalue weighted by Crippen LogP contribution is -2.59. The lowest BCUT2D eigenvalue weighted by Gasteiger charge is -2.37. The van der Waals surface area contributed by atoms with E-state index in [4.69, 9.17) is 16.3 Å². The number of pyridine rings is 1. The molecule has 2 aliphatic heterocycles. The maximum atomic E-state index is 13.3. The van der Waals surface area contributed by atoms with Crippen LogP contribution in [-0.4, -0.2) is 41.1 Å². The predicted molar refractivity (Wildman–Crippen MR) is 138 cm³/mol. The van der Waals surface area contributed by atoms with Crippen LogP contribution in [0.25, 0.3) is 0 Å². The third-order valence-electron chi connectivity index (χ3n) is 7.59. The number of halogens is 1. The van der Waals surface area contributed by atoms with Crippen LogP contribution in [-0.2, 0) is 9.53 Å². The van der Waals surface area contributed by atoms with E-state index in [1.165, 1.54) is 24.2 Å². The smallest absolute Gasteiger partial charge is 0.262 e. The van der Waals surface area contributed by atoms with Gasteiger partial charge in [0, 0.05) is 11.1 Å². The Bertz CT molecular complexity index is 1090. The summed E-state index contributed by atoms with van der Waals surface area (Å²) in [5.41, 5.74) is 1.50. The third kappa shape index (κ3) is 5.49. The summed E-state index contributed by atoms with van der Waals surface area (Å²) in [6, 6.07) is 5.10. The van der Waals surface area contributed by atoms with E-state index < -0.39 is 6.04 Å². The van der Waals surface area contributed by atoms with Crippen LogP contribution in [0.4, 0.5) is 5.69 Å². The van der Waals surface area contributed by atoms with E-state index in [9.17, 15) is 9.59 Å². The molecular formula is C26H33ClN4O3S. The quantitative estimate of drug-likeness (QED) is 0.436. The molecule has 2 atom stereocenters. The summed E-state index contributed by atoms with van der Waals surface area (Å²) in [6.45, 7) is 4.54. The van der Waals surface area contributed by atoms with Gasteiger partial charge in [-0.1, -0.05) is 37.3 Å². The van der Waals surface area contributed by atoms with Crippen molar-refractivity contribution >= 4 is 40.4 Å². The van der Waals surface area contributed by atoms with Crippen molar-refractivity contribution in [1.29, 1.82) is 0 Å². The van der Waals surface area contributed by atoms with Gasteiger partial charge in [0.2, 0.25) is 5.91 Å². The standard InChI is InChI=1S/C26H33ClN4O3S/c1-15-20(10-18(27)13-28-15)29-16(2)22-7-8-23(35-22)25(33)30-21(9-17-5-3-4-6-17)24(32)31-26-11-19(12-26)34-14-26/h7-8,10,13,16-17,19,21,29H,3-6,9,11-12,14H2,1-2H3,(H,30,33)(H,31,32)/t16-,19?,21-,26?/m0/s1. The Labute approximate surface area is 215 Å². The summed E-state index contributed by atoms with van der Waals surface area (Å²) in [6.07, 6.45) is 9.01. The van der Waals surface area contributed by atoms with E-state index in [-0.39, 0.29) is 29.5 Å². The summed E-state index contributed by atoms with van der Waals surface area (Å²) in [4.78, 5) is 32.4. The minimum absolute atomic E-state index is 0.0221. The molecule has 6 rings (SSSR count). The molecule has 4 fully saturated rings. The Balaban J connectivity index is 1.24. The number of aryl methyl sites for hydroxylation is 1. The van der Waals surface area contributed by atoms with Gasteiger partial charge in [-0.05, 0) is 57.2 Å². The summed E-state index contributed by atoms with van der Waals surface area (Å²) in [5, 5.41) is 10.3. The number of hydrogen-bond donors (Lipinski definition) is 3. The molecule has 2 aliphatic carbocycles. The van der Waals surface area contributed by atoms with Gasteiger partial charge in [-0.15, -0.1) is 11.3 Å². The van der Waals surface area contributed by atoms with Gasteiger partial charge in [0.1, 0.15) is 6.04 Å². The zero-order chi connectivity index (χ0) is 24.6. The largest absolute Gasteiger partial charge is 0.376 e. The van der Waals surface area contributed by atoms with Crippen molar-refractivity contribution in [1.82, 2.24) is 15.6 Å². The molecule has 2 saturated carbocycles. The van der Waals surface area contributed by atoms with Gasteiger partial charge in [-0.3, -0.25) is 14.6 Å². The van der Waals surface area contributed by atoms with Crippen LogP contribution in [0.3, 0.4) is 0 Å². The topological polar surface area (TPSA) is 92.4 Å². The fourth-order valence-electron chi connectivity index (χ4n) is 5.52. The highest BCUT2D eigenvalue weighted by atomic mass is 35.5. The number of amides is 2. The molecule has 0 unspecified atom stereocenters. The fraction of sp³-hybridized carbons (Fsp3) is 0.577. The minimum atomic E-state index is -0.527. The number of nitrogens with one attached hydrogen (secondary N) is 3. The molecule has 4 aliphatic rings. The molecular weight excluding hydrogens is 484 g/mol. The summed E-state index contributed by atoms with van der Waals surface area (Å²) in [7, 11) is 0. The molecule has 2 bridgehead atoms. The van der Waals surface area contributed by atoms with Crippen molar-refractivity contribution < 1.29 is 14.3 Å². The molecule has 0 radical (unpaired) electrons. The van der Waals surface area contributed by atoms with Crippen LogP contribution in [0.1, 0.15) is 78.2 Å². The van der Waals surface area contributed by atoms with Crippen molar-refractivity contribution in [2.75, 3.05) is 11.9 Å². The Hall–Kier alpha value is -2.16. The van der Waals surface area contributed by atoms with Crippen molar-refractivity contribution in [3.63, 3.8) is 0 Å². The average Bonchev–Trinajstić information content (AvgIpc) is 3.60. The minimum Gasteiger partial charge on any atom is -0.376 e. The number of nitrogens with zero attached hydrogens (tertiary/aromatic N) is 1. The number of aromatic nitrogens is 1. The highest BCUT2D eigenvalue weighted by Gasteiger charge is 2.53. The number of ether oxygens (including phenoxy) is 1. The molecule has 0 spiro atoms. The molecule has 35 heavy (non-hydrogen) atoms. The molecule has 7 nitrogen and oxygen atoms in total. The maximum Gasteiger partial charge on any atom is 0.262 e. The number of carbonyl (C=O) groups excluding carboxylic acids is 2. The Morgan fingerprint density at radius 1 is 1.29 bits per heavy atom. The van der Waals surface area contributed by atoms with Gasteiger partial charge in [0.15, 0.2) is 0 Å². The number of thiophene rings is 1. The predicted octanol–water partition coefficient (Wildman–Crippen LogP) is 5.00. The fourth-order valence-corrected chi connectivity index (χ4v) is 6.59. The second-order valence-electron chi connectivity index (χ2n) is 10.4. The summed E-state index contributed by atoms with van der Waals surface area (Å²) in [5.74, 6) is 0.207. The third-order valence-corrected chi connectivity index (χ3v) is 9.06. The first kappa shape index (κ1) is 24.5. The number of anilines is 1. The molecule has 0 aromatic carbocycles. The molecule has 4 heterocycles. The maximum absolute atomic E-state index is 13.3. The molecule has 2 aromatic heterocycles. The first-order chi connectivity index (χ1) is 16.8. The first-order valence-corrected chi connectivity index (χ1v) is 13.7. The average molecular weight is 517 g/mol. The van der Waals surface area contributed by atoms with Crippen molar-refractivity contribution in [3.05, 3.63) is 44.9 Å². The van der Waals surface area contributed by atoms with Gasteiger partial charge in [0.25, 0.3) is 5.91 Å². The summed E-state index contributed by atoms with van der Waals surface area (Å²) < 4.78 is 5.66. The Morgan fingerprint density at radius 3 is 2.77 bits per heavy atom. The zero-order valence-corrected chi connectivity index (χ0v) is 21.8. The van der Waals surface area contributed by atoms with Crippen LogP contribution in [0.2, 0.25) is 5.02 Å². The van der Waals surface area contributed by atoms with Crippen LogP contribution < -0.4 is 16.0 Å². The molecule has 2 amide bonds. The zero-order valence-electron chi connectivity index (χ0n) is 20.2. The van der Waals surface area contributed by atoms with Crippen LogP contribution >= 0.6 is 22.9 Å². The van der Waals surface area contributed by atoms with Gasteiger partial charge in [-0.2, -0.15) is 0 Å². The molecule has 2 saturated heterocycles. The number of fused-ring (bicyclic) bond motifs is 1. The first-order valence-electron chi connectivity index (χ1n) is 12.5. The van der Waals surface area contributed by atoms with E-state index in [1.807, 2.05) is 32.0 Å². The van der Waals surface area contributed by atoms with E-state index in [0.717, 1.165) is 41.9 Å². The van der Waals surface area contributed by atoms with Gasteiger partial charge >= 0.3 is 0 Å². The van der Waals surface area contributed by atoms with Crippen LogP contribution in [0.5, 0.6) is 0 Å². The lowest BCUT2D eigenvalue weighted by molar-refractivity contribution is -0.125. The number of carbonyl (C=O) groups is 2. The van der Waals surface area contributed by atoms with E-state index in [0.29, 0.717) is 28.8 Å². The summed E-state index contributed by atoms with van der Waals surface area (Å²) >= 11 is 7.53. The second kappa shape index (κ2) is 10.1. The highest BCUT2D eigenvalue weighted by molar-refractivity contribution is 7.14. The SMILES string of the molecule is Cc1ncc(Cl)cc1N[C@@H](C)c1ccc(C(=O)N[C@@H](CC2CCCC2)C(=O)NC23COC(C2)C3)s1. The van der Waals surface area contributed by atoms with Gasteiger partial charge in [0.05, 0.1) is 45.6 Å². The number of hydrogen-bond acceptors (Lipinski definition) is 6. The lowest BCUT2D eigenvalue weighted by atomic mass is 9.78. The van der Waals surface area contributed by atoms with Crippen molar-refractivity contribution in [2.24, 2.45) is 5.92 Å². The highest BCUT2D eigenvalue weighted by Crippen LogP contribution is 2.42. The normalized spacial score (nSPS) is 25.1. The van der Waals surface area contributed by atoms with Crippen molar-refractivity contribution in [3.8, 4) is 0 Å². The monoisotopic (exact) mass is 516 g/mol. The van der Waals surface area contributed by atoms with Crippen molar-refractivity contribution in [2.45, 2.75) is 82.5 Å². The van der Waals surface area contributed by atoms with E-state index in [1.54, 1.807) is 6.20 Å². The molecule has 9 heteroatoms. The Kier molecular flexibility index (Phi) is 7.06. The molecule has 3 N–H and O–H groups in total.